The fourth-order valence-electron chi connectivity index (χ4n) is 3.89. The molecule has 0 saturated heterocycles. The summed E-state index contributed by atoms with van der Waals surface area (Å²) < 4.78 is 12.2. The highest BCUT2D eigenvalue weighted by Crippen LogP contribution is 2.40. The number of methoxy groups -OCH3 is 1. The van der Waals surface area contributed by atoms with E-state index in [0.717, 1.165) is 0 Å². The molecule has 2 atom stereocenters. The number of non-ortho nitro benzene ring substituents is 1. The number of hydrogen-bond donors (Lipinski definition) is 0. The molecule has 3 rings (SSSR count). The van der Waals surface area contributed by atoms with Gasteiger partial charge in [-0.15, -0.1) is 0 Å². The third-order valence-corrected chi connectivity index (χ3v) is 5.38. The maximum atomic E-state index is 13.1. The third kappa shape index (κ3) is 5.46. The highest BCUT2D eigenvalue weighted by atomic mass is 16.6. The number of hydrogen-bond acceptors (Lipinski definition) is 8. The minimum Gasteiger partial charge on any atom is -0.468 e. The fourth-order valence-corrected chi connectivity index (χ4v) is 3.89. The first-order chi connectivity index (χ1) is 15.8. The van der Waals surface area contributed by atoms with Crippen LogP contribution in [0, 0.1) is 16.0 Å². The quantitative estimate of drug-likeness (QED) is 0.198. The summed E-state index contributed by atoms with van der Waals surface area (Å²) in [5, 5.41) is 15.5. The van der Waals surface area contributed by atoms with Crippen molar-refractivity contribution in [3.05, 3.63) is 75.7 Å². The molecule has 2 heterocycles. The topological polar surface area (TPSA) is 125 Å². The van der Waals surface area contributed by atoms with Crippen LogP contribution in [0.1, 0.15) is 31.7 Å². The summed E-state index contributed by atoms with van der Waals surface area (Å²) in [6.07, 6.45) is 4.01. The van der Waals surface area contributed by atoms with Crippen LogP contribution in [0.3, 0.4) is 0 Å². The number of esters is 2. The summed E-state index contributed by atoms with van der Waals surface area (Å²) in [5.74, 6) is -2.95. The fraction of sp³-hybridized carbons (Fsp3) is 0.348. The van der Waals surface area contributed by atoms with E-state index >= 15 is 0 Å². The van der Waals surface area contributed by atoms with E-state index in [1.165, 1.54) is 25.3 Å². The predicted octanol–water partition coefficient (Wildman–Crippen LogP) is 2.53. The smallest absolute Gasteiger partial charge is 0.336 e. The molecule has 0 radical (unpaired) electrons. The Labute approximate surface area is 190 Å². The van der Waals surface area contributed by atoms with Crippen LogP contribution in [-0.4, -0.2) is 41.4 Å². The minimum absolute atomic E-state index is 0.131. The molecular formula is C23H25N4O6+. The van der Waals surface area contributed by atoms with Gasteiger partial charge in [-0.05, 0) is 30.6 Å². The van der Waals surface area contributed by atoms with E-state index in [0.29, 0.717) is 29.9 Å². The molecule has 0 spiro atoms. The van der Waals surface area contributed by atoms with Crippen LogP contribution in [-0.2, 0) is 25.6 Å². The van der Waals surface area contributed by atoms with Gasteiger partial charge < -0.3 is 9.47 Å². The van der Waals surface area contributed by atoms with Gasteiger partial charge in [-0.25, -0.2) is 4.79 Å². The minimum atomic E-state index is -0.910. The van der Waals surface area contributed by atoms with Crippen molar-refractivity contribution in [2.45, 2.75) is 32.7 Å². The highest BCUT2D eigenvalue weighted by Gasteiger charge is 2.42. The van der Waals surface area contributed by atoms with Crippen molar-refractivity contribution in [3.63, 3.8) is 0 Å². The molecule has 172 valence electrons. The Morgan fingerprint density at radius 1 is 1.21 bits per heavy atom. The lowest BCUT2D eigenvalue weighted by Crippen LogP contribution is -2.38. The second kappa shape index (κ2) is 10.6. The molecule has 0 fully saturated rings. The summed E-state index contributed by atoms with van der Waals surface area (Å²) in [4.78, 5) is 41.0. The van der Waals surface area contributed by atoms with Crippen molar-refractivity contribution in [1.29, 1.82) is 0 Å². The molecule has 0 bridgehead atoms. The van der Waals surface area contributed by atoms with E-state index in [1.807, 2.05) is 18.3 Å². The maximum Gasteiger partial charge on any atom is 0.336 e. The number of carbonyl (C=O) groups is 2. The molecule has 10 heteroatoms. The summed E-state index contributed by atoms with van der Waals surface area (Å²) in [7, 11) is 1.25. The molecule has 0 N–H and O–H groups in total. The molecule has 10 nitrogen and oxygen atoms in total. The maximum absolute atomic E-state index is 13.1. The average molecular weight is 453 g/mol. The zero-order chi connectivity index (χ0) is 24.0. The monoisotopic (exact) mass is 453 g/mol. The predicted molar refractivity (Wildman–Crippen MR) is 117 cm³/mol. The SMILES string of the molecule is COC(=O)C1C(C)=NC(C)=C(C(=O)OCCC[n+]2ccccn2)[C@H]1c1cccc([N+](=O)[O-])c1. The molecule has 1 unspecified atom stereocenters. The number of benzene rings is 1. The van der Waals surface area contributed by atoms with Gasteiger partial charge in [0.2, 0.25) is 0 Å². The van der Waals surface area contributed by atoms with Crippen molar-refractivity contribution in [2.75, 3.05) is 13.7 Å². The Morgan fingerprint density at radius 2 is 2.00 bits per heavy atom. The van der Waals surface area contributed by atoms with E-state index in [-0.39, 0.29) is 17.9 Å². The van der Waals surface area contributed by atoms with Crippen LogP contribution < -0.4 is 4.68 Å². The van der Waals surface area contributed by atoms with Gasteiger partial charge in [0.05, 0.1) is 30.4 Å². The molecule has 1 aliphatic heterocycles. The zero-order valence-corrected chi connectivity index (χ0v) is 18.6. The lowest BCUT2D eigenvalue weighted by Gasteiger charge is -2.31. The molecule has 33 heavy (non-hydrogen) atoms. The van der Waals surface area contributed by atoms with E-state index in [9.17, 15) is 19.7 Å². The zero-order valence-electron chi connectivity index (χ0n) is 18.6. The average Bonchev–Trinajstić information content (AvgIpc) is 2.81. The van der Waals surface area contributed by atoms with Crippen LogP contribution in [0.15, 0.2) is 65.1 Å². The van der Waals surface area contributed by atoms with Crippen molar-refractivity contribution in [2.24, 2.45) is 10.9 Å². The van der Waals surface area contributed by atoms with Crippen LogP contribution >= 0.6 is 0 Å². The Hall–Kier alpha value is -3.95. The molecule has 0 saturated carbocycles. The van der Waals surface area contributed by atoms with Crippen LogP contribution in [0.2, 0.25) is 0 Å². The number of aromatic nitrogens is 2. The number of carbonyl (C=O) groups excluding carboxylic acids is 2. The normalized spacial score (nSPS) is 17.8. The van der Waals surface area contributed by atoms with Crippen molar-refractivity contribution in [1.82, 2.24) is 5.10 Å². The second-order valence-corrected chi connectivity index (χ2v) is 7.53. The Morgan fingerprint density at radius 3 is 2.67 bits per heavy atom. The molecule has 1 aliphatic rings. The molecular weight excluding hydrogens is 428 g/mol. The summed E-state index contributed by atoms with van der Waals surface area (Å²) in [6.45, 7) is 4.01. The van der Waals surface area contributed by atoms with Gasteiger partial charge in [-0.3, -0.25) is 19.9 Å². The third-order valence-electron chi connectivity index (χ3n) is 5.38. The molecule has 1 aromatic carbocycles. The number of nitro benzene ring substituents is 1. The van der Waals surface area contributed by atoms with E-state index in [4.69, 9.17) is 9.47 Å². The number of nitro groups is 1. The van der Waals surface area contributed by atoms with Gasteiger partial charge in [0.25, 0.3) is 5.69 Å². The van der Waals surface area contributed by atoms with Crippen LogP contribution in [0.5, 0.6) is 0 Å². The first-order valence-corrected chi connectivity index (χ1v) is 10.4. The largest absolute Gasteiger partial charge is 0.468 e. The molecule has 2 aromatic rings. The van der Waals surface area contributed by atoms with Crippen molar-refractivity contribution >= 4 is 23.3 Å². The summed E-state index contributed by atoms with van der Waals surface area (Å²) >= 11 is 0. The lowest BCUT2D eigenvalue weighted by atomic mass is 9.75. The van der Waals surface area contributed by atoms with Crippen LogP contribution in [0.25, 0.3) is 0 Å². The van der Waals surface area contributed by atoms with Gasteiger partial charge >= 0.3 is 11.9 Å². The first kappa shape index (κ1) is 23.7. The molecule has 1 aromatic heterocycles. The van der Waals surface area contributed by atoms with Gasteiger partial charge in [0, 0.05) is 41.9 Å². The standard InChI is InChI=1S/C23H25N4O6/c1-15-19(22(28)32-3)21(17-8-6-9-18(14-17)27(30)31)20(16(2)25-15)23(29)33-13-7-12-26-11-5-4-10-24-26/h4-6,8-11,14,19,21H,7,12-13H2,1-3H3/q+1/t19?,21-/m0/s1. The molecule has 0 amide bonds. The Balaban J connectivity index is 1.89. The molecule has 0 aliphatic carbocycles. The number of aliphatic imine (C=N–C) groups is 1. The van der Waals surface area contributed by atoms with Gasteiger partial charge in [-0.2, -0.15) is 0 Å². The Bertz CT molecular complexity index is 1110. The number of rotatable bonds is 8. The van der Waals surface area contributed by atoms with Crippen molar-refractivity contribution < 1.29 is 28.7 Å². The number of nitrogens with zero attached hydrogens (tertiary/aromatic N) is 4. The lowest BCUT2D eigenvalue weighted by molar-refractivity contribution is -0.754. The van der Waals surface area contributed by atoms with Gasteiger partial charge in [0.15, 0.2) is 12.7 Å². The van der Waals surface area contributed by atoms with Crippen molar-refractivity contribution in [3.8, 4) is 0 Å². The first-order valence-electron chi connectivity index (χ1n) is 10.4. The number of allylic oxidation sites excluding steroid dienone is 1. The summed E-state index contributed by atoms with van der Waals surface area (Å²) in [6, 6.07) is 9.53. The Kier molecular flexibility index (Phi) is 7.60. The number of ether oxygens (including phenoxy) is 2. The summed E-state index contributed by atoms with van der Waals surface area (Å²) in [5.41, 5.74) is 1.33. The van der Waals surface area contributed by atoms with E-state index in [1.54, 1.807) is 30.8 Å². The second-order valence-electron chi connectivity index (χ2n) is 7.53. The van der Waals surface area contributed by atoms with Gasteiger partial charge in [0.1, 0.15) is 5.92 Å². The van der Waals surface area contributed by atoms with E-state index in [2.05, 4.69) is 10.1 Å². The number of aryl methyl sites for hydroxylation is 1. The van der Waals surface area contributed by atoms with Crippen LogP contribution in [0.4, 0.5) is 5.69 Å². The van der Waals surface area contributed by atoms with Gasteiger partial charge in [-0.1, -0.05) is 16.8 Å². The van der Waals surface area contributed by atoms with E-state index < -0.39 is 28.7 Å². The highest BCUT2D eigenvalue weighted by molar-refractivity contribution is 6.07.